The molecule has 4 heteroatoms. The van der Waals surface area contributed by atoms with Crippen LogP contribution in [0.25, 0.3) is 0 Å². The van der Waals surface area contributed by atoms with Crippen molar-refractivity contribution >= 4 is 11.9 Å². The van der Waals surface area contributed by atoms with Crippen LogP contribution < -0.4 is 5.32 Å². The first kappa shape index (κ1) is 9.71. The minimum absolute atomic E-state index is 0.206. The maximum Gasteiger partial charge on any atom is 0.303 e. The number of benzene rings is 1. The summed E-state index contributed by atoms with van der Waals surface area (Å²) in [5.74, 6) is -0.671. The van der Waals surface area contributed by atoms with Crippen molar-refractivity contribution in [2.24, 2.45) is 0 Å². The minimum Gasteiger partial charge on any atom is -0.450 e. The fraction of sp³-hybridized carbons (Fsp3) is 0.273. The van der Waals surface area contributed by atoms with Crippen molar-refractivity contribution in [2.75, 3.05) is 0 Å². The molecule has 2 atom stereocenters. The minimum atomic E-state index is -0.676. The fourth-order valence-corrected chi connectivity index (χ4v) is 1.59. The lowest BCUT2D eigenvalue weighted by molar-refractivity contribution is -0.164. The first-order chi connectivity index (χ1) is 7.18. The molecule has 1 aromatic carbocycles. The smallest absolute Gasteiger partial charge is 0.303 e. The predicted octanol–water partition coefficient (Wildman–Crippen LogP) is 0.789. The average molecular weight is 205 g/mol. The van der Waals surface area contributed by atoms with Gasteiger partial charge in [0.15, 0.2) is 0 Å². The molecule has 4 nitrogen and oxygen atoms in total. The summed E-state index contributed by atoms with van der Waals surface area (Å²) in [6.45, 7) is 1.30. The Bertz CT molecular complexity index is 388. The van der Waals surface area contributed by atoms with Crippen LogP contribution in [0.5, 0.6) is 0 Å². The van der Waals surface area contributed by atoms with Crippen LogP contribution in [0.4, 0.5) is 0 Å². The van der Waals surface area contributed by atoms with Gasteiger partial charge in [-0.3, -0.25) is 9.59 Å². The number of esters is 1. The van der Waals surface area contributed by atoms with E-state index in [9.17, 15) is 9.59 Å². The Balaban J connectivity index is 2.12. The first-order valence-corrected chi connectivity index (χ1v) is 4.71. The standard InChI is InChI=1S/C11H11NO3/c1-7(13)15-10-9(12-11(10)14)8-5-3-2-4-6-8/h2-6,9-10H,1H3,(H,12,14)/t9?,10-/m1/s1. The lowest BCUT2D eigenvalue weighted by Gasteiger charge is -2.35. The molecular formula is C11H11NO3. The zero-order chi connectivity index (χ0) is 10.8. The van der Waals surface area contributed by atoms with Crippen LogP contribution in [-0.2, 0) is 14.3 Å². The van der Waals surface area contributed by atoms with Gasteiger partial charge >= 0.3 is 5.97 Å². The lowest BCUT2D eigenvalue weighted by Crippen LogP contribution is -2.57. The van der Waals surface area contributed by atoms with Gasteiger partial charge in [-0.2, -0.15) is 0 Å². The summed E-state index contributed by atoms with van der Waals surface area (Å²) in [5.41, 5.74) is 0.948. The van der Waals surface area contributed by atoms with E-state index in [2.05, 4.69) is 5.32 Å². The van der Waals surface area contributed by atoms with Gasteiger partial charge in [0, 0.05) is 6.92 Å². The highest BCUT2D eigenvalue weighted by molar-refractivity contribution is 5.90. The lowest BCUT2D eigenvalue weighted by atomic mass is 9.94. The van der Waals surface area contributed by atoms with Crippen LogP contribution in [0.15, 0.2) is 30.3 Å². The number of hydrogen-bond donors (Lipinski definition) is 1. The van der Waals surface area contributed by atoms with Crippen LogP contribution in [0, 0.1) is 0 Å². The van der Waals surface area contributed by atoms with Crippen molar-refractivity contribution in [1.29, 1.82) is 0 Å². The number of amides is 1. The highest BCUT2D eigenvalue weighted by atomic mass is 16.6. The molecule has 1 fully saturated rings. The van der Waals surface area contributed by atoms with Gasteiger partial charge < -0.3 is 10.1 Å². The molecule has 1 N–H and O–H groups in total. The molecule has 78 valence electrons. The largest absolute Gasteiger partial charge is 0.450 e. The SMILES string of the molecule is CC(=O)O[C@H]1C(=O)NC1c1ccccc1. The summed E-state index contributed by atoms with van der Waals surface area (Å²) in [6.07, 6.45) is -0.676. The Morgan fingerprint density at radius 3 is 2.53 bits per heavy atom. The van der Waals surface area contributed by atoms with E-state index in [1.54, 1.807) is 0 Å². The number of rotatable bonds is 2. The molecule has 1 unspecified atom stereocenters. The second kappa shape index (κ2) is 3.73. The average Bonchev–Trinajstić information content (AvgIpc) is 2.24. The zero-order valence-corrected chi connectivity index (χ0v) is 8.27. The van der Waals surface area contributed by atoms with E-state index in [1.165, 1.54) is 6.92 Å². The molecule has 0 saturated carbocycles. The fourth-order valence-electron chi connectivity index (χ4n) is 1.59. The van der Waals surface area contributed by atoms with Crippen LogP contribution in [0.3, 0.4) is 0 Å². The molecule has 0 radical (unpaired) electrons. The quantitative estimate of drug-likeness (QED) is 0.573. The van der Waals surface area contributed by atoms with E-state index in [0.29, 0.717) is 0 Å². The topological polar surface area (TPSA) is 55.4 Å². The summed E-state index contributed by atoms with van der Waals surface area (Å²) in [5, 5.41) is 2.70. The van der Waals surface area contributed by atoms with E-state index in [4.69, 9.17) is 4.74 Å². The Labute approximate surface area is 87.2 Å². The normalized spacial score (nSPS) is 23.9. The van der Waals surface area contributed by atoms with E-state index >= 15 is 0 Å². The predicted molar refractivity (Wildman–Crippen MR) is 52.9 cm³/mol. The number of β-lactam (4-membered cyclic amide) rings is 1. The third-order valence-corrected chi connectivity index (χ3v) is 2.31. The Morgan fingerprint density at radius 1 is 1.33 bits per heavy atom. The van der Waals surface area contributed by atoms with Gasteiger partial charge in [-0.25, -0.2) is 0 Å². The second-order valence-corrected chi connectivity index (χ2v) is 3.43. The zero-order valence-electron chi connectivity index (χ0n) is 8.27. The number of nitrogens with one attached hydrogen (secondary N) is 1. The Hall–Kier alpha value is -1.84. The highest BCUT2D eigenvalue weighted by Gasteiger charge is 2.42. The number of ether oxygens (including phenoxy) is 1. The van der Waals surface area contributed by atoms with Gasteiger partial charge in [0.2, 0.25) is 6.10 Å². The Morgan fingerprint density at radius 2 is 2.00 bits per heavy atom. The number of carbonyl (C=O) groups excluding carboxylic acids is 2. The van der Waals surface area contributed by atoms with E-state index in [1.807, 2.05) is 30.3 Å². The van der Waals surface area contributed by atoms with Gasteiger partial charge in [0.25, 0.3) is 5.91 Å². The summed E-state index contributed by atoms with van der Waals surface area (Å²) in [4.78, 5) is 21.9. The molecule has 1 saturated heterocycles. The molecule has 0 aliphatic carbocycles. The first-order valence-electron chi connectivity index (χ1n) is 4.71. The molecule has 1 aliphatic rings. The summed E-state index contributed by atoms with van der Waals surface area (Å²) in [7, 11) is 0. The third kappa shape index (κ3) is 1.83. The van der Waals surface area contributed by atoms with Gasteiger partial charge in [0.1, 0.15) is 6.04 Å². The van der Waals surface area contributed by atoms with Crippen LogP contribution in [0.2, 0.25) is 0 Å². The van der Waals surface area contributed by atoms with Crippen molar-refractivity contribution in [3.63, 3.8) is 0 Å². The number of carbonyl (C=O) groups is 2. The van der Waals surface area contributed by atoms with E-state index < -0.39 is 12.1 Å². The third-order valence-electron chi connectivity index (χ3n) is 2.31. The van der Waals surface area contributed by atoms with Gasteiger partial charge in [0.05, 0.1) is 0 Å². The van der Waals surface area contributed by atoms with Gasteiger partial charge in [-0.05, 0) is 5.56 Å². The van der Waals surface area contributed by atoms with Crippen molar-refractivity contribution in [3.8, 4) is 0 Å². The second-order valence-electron chi connectivity index (χ2n) is 3.43. The van der Waals surface area contributed by atoms with Crippen LogP contribution in [0.1, 0.15) is 18.5 Å². The Kier molecular flexibility index (Phi) is 2.41. The highest BCUT2D eigenvalue weighted by Crippen LogP contribution is 2.26. The number of hydrogen-bond acceptors (Lipinski definition) is 3. The molecule has 1 aromatic rings. The molecule has 1 heterocycles. The summed E-state index contributed by atoms with van der Waals surface area (Å²) in [6, 6.07) is 9.23. The summed E-state index contributed by atoms with van der Waals surface area (Å²) >= 11 is 0. The van der Waals surface area contributed by atoms with E-state index in [0.717, 1.165) is 5.56 Å². The van der Waals surface area contributed by atoms with Crippen LogP contribution in [-0.4, -0.2) is 18.0 Å². The van der Waals surface area contributed by atoms with Crippen molar-refractivity contribution in [1.82, 2.24) is 5.32 Å². The summed E-state index contributed by atoms with van der Waals surface area (Å²) < 4.78 is 4.91. The van der Waals surface area contributed by atoms with Crippen molar-refractivity contribution in [3.05, 3.63) is 35.9 Å². The molecule has 1 aliphatic heterocycles. The van der Waals surface area contributed by atoms with Crippen molar-refractivity contribution < 1.29 is 14.3 Å². The molecule has 0 bridgehead atoms. The molecule has 1 amide bonds. The monoisotopic (exact) mass is 205 g/mol. The van der Waals surface area contributed by atoms with Gasteiger partial charge in [-0.1, -0.05) is 30.3 Å². The molecular weight excluding hydrogens is 194 g/mol. The van der Waals surface area contributed by atoms with E-state index in [-0.39, 0.29) is 11.9 Å². The molecule has 2 rings (SSSR count). The molecule has 0 spiro atoms. The molecule has 0 aromatic heterocycles. The molecule has 15 heavy (non-hydrogen) atoms. The maximum absolute atomic E-state index is 11.2. The van der Waals surface area contributed by atoms with Crippen LogP contribution >= 0.6 is 0 Å². The van der Waals surface area contributed by atoms with Crippen molar-refractivity contribution in [2.45, 2.75) is 19.1 Å². The maximum atomic E-state index is 11.2. The van der Waals surface area contributed by atoms with Gasteiger partial charge in [-0.15, -0.1) is 0 Å².